The van der Waals surface area contributed by atoms with Crippen molar-refractivity contribution in [1.29, 1.82) is 0 Å². The Morgan fingerprint density at radius 2 is 1.71 bits per heavy atom. The van der Waals surface area contributed by atoms with Gasteiger partial charge in [0.2, 0.25) is 0 Å². The van der Waals surface area contributed by atoms with Gasteiger partial charge in [0.1, 0.15) is 0 Å². The largest absolute Gasteiger partial charge is 0.373 e. The van der Waals surface area contributed by atoms with E-state index in [1.54, 1.807) is 12.3 Å². The third-order valence-electron chi connectivity index (χ3n) is 1.95. The minimum atomic E-state index is -2.82. The predicted molar refractivity (Wildman–Crippen MR) is 64.7 cm³/mol. The van der Waals surface area contributed by atoms with Gasteiger partial charge < -0.3 is 0 Å². The van der Waals surface area contributed by atoms with E-state index in [9.17, 15) is 0 Å². The standard InChI is InChI=1S/C9H6Cl3NSi/c10-14(11,12)9-5-6-13-8-4-2-1-3-7(8)9/h1-6H. The second-order valence-electron chi connectivity index (χ2n) is 2.87. The summed E-state index contributed by atoms with van der Waals surface area (Å²) in [6, 6.07) is 6.62. The molecule has 0 bridgehead atoms. The summed E-state index contributed by atoms with van der Waals surface area (Å²) < 4.78 is 0. The second kappa shape index (κ2) is 3.70. The monoisotopic (exact) mass is 261 g/mol. The summed E-state index contributed by atoms with van der Waals surface area (Å²) in [5.74, 6) is 0. The summed E-state index contributed by atoms with van der Waals surface area (Å²) in [4.78, 5) is 4.20. The molecule has 1 heterocycles. The van der Waals surface area contributed by atoms with Crippen molar-refractivity contribution >= 4 is 55.3 Å². The van der Waals surface area contributed by atoms with Crippen LogP contribution in [-0.4, -0.2) is 11.0 Å². The van der Waals surface area contributed by atoms with Gasteiger partial charge in [0.25, 0.3) is 0 Å². The van der Waals surface area contributed by atoms with Gasteiger partial charge in [-0.15, -0.1) is 33.2 Å². The molecule has 1 aromatic carbocycles. The van der Waals surface area contributed by atoms with Gasteiger partial charge in [-0.3, -0.25) is 4.98 Å². The van der Waals surface area contributed by atoms with Gasteiger partial charge in [0, 0.05) is 11.6 Å². The lowest BCUT2D eigenvalue weighted by atomic mass is 10.2. The Morgan fingerprint density at radius 1 is 1.00 bits per heavy atom. The first kappa shape index (κ1) is 10.2. The topological polar surface area (TPSA) is 12.9 Å². The van der Waals surface area contributed by atoms with Gasteiger partial charge in [-0.05, 0) is 17.3 Å². The fourth-order valence-electron chi connectivity index (χ4n) is 1.34. The molecule has 0 aliphatic rings. The fraction of sp³-hybridized carbons (Fsp3) is 0. The van der Waals surface area contributed by atoms with Crippen LogP contribution in [0.1, 0.15) is 0 Å². The molecule has 0 amide bonds. The van der Waals surface area contributed by atoms with Crippen LogP contribution in [0.25, 0.3) is 10.9 Å². The van der Waals surface area contributed by atoms with Gasteiger partial charge in [-0.1, -0.05) is 18.2 Å². The predicted octanol–water partition coefficient (Wildman–Crippen LogP) is 3.10. The molecule has 1 nitrogen and oxygen atoms in total. The van der Waals surface area contributed by atoms with Crippen LogP contribution in [0, 0.1) is 0 Å². The van der Waals surface area contributed by atoms with Gasteiger partial charge in [-0.25, -0.2) is 0 Å². The minimum Gasteiger partial charge on any atom is -0.256 e. The second-order valence-corrected chi connectivity index (χ2v) is 11.3. The molecule has 2 aromatic rings. The highest BCUT2D eigenvalue weighted by molar-refractivity contribution is 7.69. The number of hydrogen-bond acceptors (Lipinski definition) is 1. The van der Waals surface area contributed by atoms with Gasteiger partial charge >= 0.3 is 6.00 Å². The summed E-state index contributed by atoms with van der Waals surface area (Å²) in [6.45, 7) is 0. The Bertz CT molecular complexity index is 462. The summed E-state index contributed by atoms with van der Waals surface area (Å²) >= 11 is 17.9. The maximum Gasteiger partial charge on any atom is 0.373 e. The van der Waals surface area contributed by atoms with Gasteiger partial charge in [0.15, 0.2) is 0 Å². The molecule has 0 saturated carbocycles. The molecule has 0 radical (unpaired) electrons. The molecule has 0 saturated heterocycles. The first-order chi connectivity index (χ1) is 6.59. The van der Waals surface area contributed by atoms with E-state index in [0.29, 0.717) is 0 Å². The van der Waals surface area contributed by atoms with Crippen LogP contribution >= 0.6 is 33.2 Å². The van der Waals surface area contributed by atoms with Crippen molar-refractivity contribution in [2.24, 2.45) is 0 Å². The molecular formula is C9H6Cl3NSi. The third-order valence-corrected chi connectivity index (χ3v) is 4.83. The molecule has 0 atom stereocenters. The zero-order valence-electron chi connectivity index (χ0n) is 7.05. The van der Waals surface area contributed by atoms with Crippen LogP contribution in [0.4, 0.5) is 0 Å². The van der Waals surface area contributed by atoms with E-state index >= 15 is 0 Å². The minimum absolute atomic E-state index is 0.799. The Hall–Kier alpha value is -0.283. The fourth-order valence-corrected chi connectivity index (χ4v) is 3.61. The van der Waals surface area contributed by atoms with Crippen molar-refractivity contribution in [2.45, 2.75) is 0 Å². The van der Waals surface area contributed by atoms with Crippen molar-refractivity contribution in [1.82, 2.24) is 4.98 Å². The number of aromatic nitrogens is 1. The lowest BCUT2D eigenvalue weighted by Crippen LogP contribution is -2.30. The number of halogens is 3. The summed E-state index contributed by atoms with van der Waals surface area (Å²) in [5, 5.41) is 1.73. The number of benzene rings is 1. The van der Waals surface area contributed by atoms with Crippen LogP contribution in [0.5, 0.6) is 0 Å². The average Bonchev–Trinajstić information content (AvgIpc) is 2.15. The Kier molecular flexibility index (Phi) is 2.71. The molecule has 0 spiro atoms. The molecule has 0 fully saturated rings. The molecule has 2 rings (SSSR count). The van der Waals surface area contributed by atoms with Crippen LogP contribution in [0.3, 0.4) is 0 Å². The quantitative estimate of drug-likeness (QED) is 0.568. The van der Waals surface area contributed by atoms with E-state index in [1.807, 2.05) is 24.3 Å². The SMILES string of the molecule is Cl[Si](Cl)(Cl)c1ccnc2ccccc12. The normalized spacial score (nSPS) is 11.9. The zero-order valence-corrected chi connectivity index (χ0v) is 10.3. The van der Waals surface area contributed by atoms with Crippen molar-refractivity contribution in [3.05, 3.63) is 36.5 Å². The number of nitrogens with zero attached hydrogens (tertiary/aromatic N) is 1. The van der Waals surface area contributed by atoms with Crippen molar-refractivity contribution < 1.29 is 0 Å². The first-order valence-electron chi connectivity index (χ1n) is 4.00. The van der Waals surface area contributed by atoms with Crippen LogP contribution in [0.2, 0.25) is 0 Å². The summed E-state index contributed by atoms with van der Waals surface area (Å²) in [5.41, 5.74) is 0.865. The Balaban J connectivity index is 2.78. The van der Waals surface area contributed by atoms with E-state index in [4.69, 9.17) is 33.2 Å². The highest BCUT2D eigenvalue weighted by Gasteiger charge is 2.29. The Labute approximate surface area is 96.7 Å². The number of pyridine rings is 1. The van der Waals surface area contributed by atoms with E-state index < -0.39 is 6.00 Å². The molecule has 0 N–H and O–H groups in total. The maximum atomic E-state index is 5.98. The Morgan fingerprint density at radius 3 is 2.43 bits per heavy atom. The number of para-hydroxylation sites is 1. The van der Waals surface area contributed by atoms with Gasteiger partial charge in [0.05, 0.1) is 5.52 Å². The smallest absolute Gasteiger partial charge is 0.256 e. The molecule has 0 unspecified atom stereocenters. The van der Waals surface area contributed by atoms with Crippen molar-refractivity contribution in [3.63, 3.8) is 0 Å². The first-order valence-corrected chi connectivity index (χ1v) is 9.03. The van der Waals surface area contributed by atoms with Crippen molar-refractivity contribution in [3.8, 4) is 0 Å². The average molecular weight is 263 g/mol. The summed E-state index contributed by atoms with van der Waals surface area (Å²) in [7, 11) is 0. The molecule has 0 aliphatic carbocycles. The van der Waals surface area contributed by atoms with Crippen LogP contribution < -0.4 is 5.19 Å². The highest BCUT2D eigenvalue weighted by atomic mass is 35.8. The zero-order chi connectivity index (χ0) is 10.2. The molecule has 5 heteroatoms. The maximum absolute atomic E-state index is 5.98. The number of hydrogen-bond donors (Lipinski definition) is 0. The molecule has 1 aromatic heterocycles. The van der Waals surface area contributed by atoms with E-state index in [2.05, 4.69) is 4.98 Å². The van der Waals surface area contributed by atoms with E-state index in [0.717, 1.165) is 16.1 Å². The van der Waals surface area contributed by atoms with Crippen molar-refractivity contribution in [2.75, 3.05) is 0 Å². The lowest BCUT2D eigenvalue weighted by molar-refractivity contribution is 1.42. The third kappa shape index (κ3) is 1.89. The van der Waals surface area contributed by atoms with E-state index in [1.165, 1.54) is 0 Å². The molecule has 14 heavy (non-hydrogen) atoms. The van der Waals surface area contributed by atoms with Crippen LogP contribution in [0.15, 0.2) is 36.5 Å². The van der Waals surface area contributed by atoms with E-state index in [-0.39, 0.29) is 0 Å². The van der Waals surface area contributed by atoms with Crippen LogP contribution in [-0.2, 0) is 0 Å². The summed E-state index contributed by atoms with van der Waals surface area (Å²) in [6.07, 6.45) is 1.67. The van der Waals surface area contributed by atoms with Gasteiger partial charge in [-0.2, -0.15) is 0 Å². The molecule has 72 valence electrons. The highest BCUT2D eigenvalue weighted by Crippen LogP contribution is 2.23. The molecule has 0 aliphatic heterocycles. The number of rotatable bonds is 1. The lowest BCUT2D eigenvalue weighted by Gasteiger charge is -2.10. The molecular weight excluding hydrogens is 257 g/mol. The number of fused-ring (bicyclic) bond motifs is 1.